The minimum Gasteiger partial charge on any atom is -0.399 e. The summed E-state index contributed by atoms with van der Waals surface area (Å²) in [6, 6.07) is 5.96. The summed E-state index contributed by atoms with van der Waals surface area (Å²) in [6.45, 7) is 8.80. The van der Waals surface area contributed by atoms with Crippen LogP contribution in [0.25, 0.3) is 0 Å². The van der Waals surface area contributed by atoms with Crippen LogP contribution >= 0.6 is 0 Å². The van der Waals surface area contributed by atoms with Gasteiger partial charge in [0.15, 0.2) is 0 Å². The van der Waals surface area contributed by atoms with Crippen molar-refractivity contribution in [3.63, 3.8) is 0 Å². The Bertz CT molecular complexity index is 360. The molecule has 0 amide bonds. The zero-order chi connectivity index (χ0) is 12.7. The highest BCUT2D eigenvalue weighted by Gasteiger charge is 1.98. The highest BCUT2D eigenvalue weighted by Crippen LogP contribution is 2.17. The smallest absolute Gasteiger partial charge is 0.0371 e. The number of nitrogens with zero attached hydrogens (tertiary/aromatic N) is 1. The third kappa shape index (κ3) is 4.91. The molecule has 0 aromatic heterocycles. The molecule has 3 heteroatoms. The Balaban J connectivity index is 2.28. The van der Waals surface area contributed by atoms with Crippen LogP contribution in [0.4, 0.5) is 11.4 Å². The number of anilines is 2. The average molecular weight is 233 g/mol. The maximum atomic E-state index is 5.71. The first-order chi connectivity index (χ1) is 8.13. The second-order valence-corrected chi connectivity index (χ2v) is 4.41. The van der Waals surface area contributed by atoms with Gasteiger partial charge in [-0.3, -0.25) is 0 Å². The van der Waals surface area contributed by atoms with Crippen molar-refractivity contribution in [3.8, 4) is 0 Å². The third-order valence-electron chi connectivity index (χ3n) is 2.72. The molecule has 0 atom stereocenters. The van der Waals surface area contributed by atoms with Gasteiger partial charge in [0.1, 0.15) is 0 Å². The number of hydrogen-bond acceptors (Lipinski definition) is 3. The summed E-state index contributed by atoms with van der Waals surface area (Å²) < 4.78 is 0. The topological polar surface area (TPSA) is 41.3 Å². The SMILES string of the molecule is C=CCN(C)CCCNc1ccc(N)cc1C. The van der Waals surface area contributed by atoms with Gasteiger partial charge in [0.2, 0.25) is 0 Å². The van der Waals surface area contributed by atoms with Crippen LogP contribution in [0.2, 0.25) is 0 Å². The van der Waals surface area contributed by atoms with Crippen molar-refractivity contribution in [2.45, 2.75) is 13.3 Å². The molecule has 0 saturated heterocycles. The summed E-state index contributed by atoms with van der Waals surface area (Å²) in [5, 5.41) is 3.43. The minimum absolute atomic E-state index is 0.818. The van der Waals surface area contributed by atoms with Gasteiger partial charge in [-0.2, -0.15) is 0 Å². The van der Waals surface area contributed by atoms with Gasteiger partial charge >= 0.3 is 0 Å². The first-order valence-corrected chi connectivity index (χ1v) is 6.03. The molecule has 1 aromatic carbocycles. The van der Waals surface area contributed by atoms with Gasteiger partial charge in [-0.1, -0.05) is 6.08 Å². The summed E-state index contributed by atoms with van der Waals surface area (Å²) in [6.07, 6.45) is 3.05. The fourth-order valence-electron chi connectivity index (χ4n) is 1.77. The number of rotatable bonds is 7. The summed E-state index contributed by atoms with van der Waals surface area (Å²) in [7, 11) is 2.11. The number of hydrogen-bond donors (Lipinski definition) is 2. The molecule has 0 radical (unpaired) electrons. The molecule has 0 fully saturated rings. The molecule has 3 N–H and O–H groups in total. The molecular formula is C14H23N3. The molecule has 0 aliphatic heterocycles. The van der Waals surface area contributed by atoms with Crippen LogP contribution in [0.15, 0.2) is 30.9 Å². The fourth-order valence-corrected chi connectivity index (χ4v) is 1.77. The maximum absolute atomic E-state index is 5.71. The van der Waals surface area contributed by atoms with Crippen molar-refractivity contribution < 1.29 is 0 Å². The second-order valence-electron chi connectivity index (χ2n) is 4.41. The summed E-state index contributed by atoms with van der Waals surface area (Å²) in [5.41, 5.74) is 8.90. The van der Waals surface area contributed by atoms with E-state index in [9.17, 15) is 0 Å². The molecule has 0 heterocycles. The van der Waals surface area contributed by atoms with E-state index < -0.39 is 0 Å². The first kappa shape index (κ1) is 13.6. The monoisotopic (exact) mass is 233 g/mol. The van der Waals surface area contributed by atoms with Gasteiger partial charge in [0.25, 0.3) is 0 Å². The molecule has 0 saturated carbocycles. The van der Waals surface area contributed by atoms with Gasteiger partial charge in [-0.05, 0) is 50.7 Å². The molecule has 0 aliphatic rings. The fraction of sp³-hybridized carbons (Fsp3) is 0.429. The zero-order valence-corrected chi connectivity index (χ0v) is 10.9. The Morgan fingerprint density at radius 3 is 2.88 bits per heavy atom. The normalized spacial score (nSPS) is 10.5. The van der Waals surface area contributed by atoms with Crippen LogP contribution in [0.3, 0.4) is 0 Å². The van der Waals surface area contributed by atoms with E-state index in [0.29, 0.717) is 0 Å². The Kier molecular flexibility index (Phi) is 5.57. The quantitative estimate of drug-likeness (QED) is 0.432. The van der Waals surface area contributed by atoms with Crippen LogP contribution in [-0.2, 0) is 0 Å². The summed E-state index contributed by atoms with van der Waals surface area (Å²) in [5.74, 6) is 0. The largest absolute Gasteiger partial charge is 0.399 e. The number of nitrogen functional groups attached to an aromatic ring is 1. The molecule has 0 unspecified atom stereocenters. The van der Waals surface area contributed by atoms with E-state index in [1.807, 2.05) is 24.3 Å². The van der Waals surface area contributed by atoms with E-state index in [1.165, 1.54) is 11.3 Å². The lowest BCUT2D eigenvalue weighted by atomic mass is 10.2. The van der Waals surface area contributed by atoms with Crippen molar-refractivity contribution >= 4 is 11.4 Å². The van der Waals surface area contributed by atoms with Gasteiger partial charge in [0.05, 0.1) is 0 Å². The molecule has 1 aromatic rings. The standard InChI is InChI=1S/C14H23N3/c1-4-9-17(3)10-5-8-16-14-7-6-13(15)11-12(14)2/h4,6-7,11,16H,1,5,8-10,15H2,2-3H3. The van der Waals surface area contributed by atoms with E-state index in [0.717, 1.165) is 31.7 Å². The van der Waals surface area contributed by atoms with Crippen LogP contribution in [0, 0.1) is 6.92 Å². The lowest BCUT2D eigenvalue weighted by Gasteiger charge is -2.15. The molecule has 0 spiro atoms. The number of benzene rings is 1. The second kappa shape index (κ2) is 6.97. The van der Waals surface area contributed by atoms with Crippen molar-refractivity contribution in [1.29, 1.82) is 0 Å². The number of aryl methyl sites for hydroxylation is 1. The number of likely N-dealkylation sites (N-methyl/N-ethyl adjacent to an activating group) is 1. The van der Waals surface area contributed by atoms with Gasteiger partial charge in [0, 0.05) is 24.5 Å². The Morgan fingerprint density at radius 1 is 1.47 bits per heavy atom. The van der Waals surface area contributed by atoms with E-state index in [2.05, 4.69) is 30.8 Å². The van der Waals surface area contributed by atoms with E-state index in [-0.39, 0.29) is 0 Å². The van der Waals surface area contributed by atoms with Crippen molar-refractivity contribution in [2.24, 2.45) is 0 Å². The van der Waals surface area contributed by atoms with Crippen molar-refractivity contribution in [3.05, 3.63) is 36.4 Å². The van der Waals surface area contributed by atoms with Gasteiger partial charge in [-0.25, -0.2) is 0 Å². The highest BCUT2D eigenvalue weighted by molar-refractivity contribution is 5.57. The lowest BCUT2D eigenvalue weighted by Crippen LogP contribution is -2.21. The molecule has 0 aliphatic carbocycles. The van der Waals surface area contributed by atoms with Crippen molar-refractivity contribution in [1.82, 2.24) is 4.90 Å². The van der Waals surface area contributed by atoms with E-state index >= 15 is 0 Å². The van der Waals surface area contributed by atoms with E-state index in [4.69, 9.17) is 5.73 Å². The van der Waals surface area contributed by atoms with Gasteiger partial charge in [-0.15, -0.1) is 6.58 Å². The highest BCUT2D eigenvalue weighted by atomic mass is 15.1. The summed E-state index contributed by atoms with van der Waals surface area (Å²) in [4.78, 5) is 2.25. The zero-order valence-electron chi connectivity index (χ0n) is 10.9. The molecule has 94 valence electrons. The molecular weight excluding hydrogens is 210 g/mol. The Morgan fingerprint density at radius 2 is 2.24 bits per heavy atom. The first-order valence-electron chi connectivity index (χ1n) is 6.03. The van der Waals surface area contributed by atoms with Crippen LogP contribution in [0.1, 0.15) is 12.0 Å². The van der Waals surface area contributed by atoms with Crippen LogP contribution < -0.4 is 11.1 Å². The maximum Gasteiger partial charge on any atom is 0.0371 e. The molecule has 17 heavy (non-hydrogen) atoms. The Hall–Kier alpha value is -1.48. The summed E-state index contributed by atoms with van der Waals surface area (Å²) >= 11 is 0. The van der Waals surface area contributed by atoms with Crippen LogP contribution in [0.5, 0.6) is 0 Å². The molecule has 3 nitrogen and oxygen atoms in total. The predicted octanol–water partition coefficient (Wildman–Crippen LogP) is 2.50. The molecule has 1 rings (SSSR count). The van der Waals surface area contributed by atoms with E-state index in [1.54, 1.807) is 0 Å². The third-order valence-corrected chi connectivity index (χ3v) is 2.72. The Labute approximate surface area is 104 Å². The van der Waals surface area contributed by atoms with Crippen molar-refractivity contribution in [2.75, 3.05) is 37.7 Å². The predicted molar refractivity (Wildman–Crippen MR) is 76.4 cm³/mol. The number of nitrogens with one attached hydrogen (secondary N) is 1. The van der Waals surface area contributed by atoms with Crippen LogP contribution in [-0.4, -0.2) is 31.6 Å². The van der Waals surface area contributed by atoms with Gasteiger partial charge < -0.3 is 16.0 Å². The molecule has 0 bridgehead atoms. The average Bonchev–Trinajstić information content (AvgIpc) is 2.27. The lowest BCUT2D eigenvalue weighted by molar-refractivity contribution is 0.368. The number of nitrogens with two attached hydrogens (primary N) is 1. The minimum atomic E-state index is 0.818.